The summed E-state index contributed by atoms with van der Waals surface area (Å²) in [6.45, 7) is 8.16. The Balaban J connectivity index is 2.15. The third-order valence-corrected chi connectivity index (χ3v) is 4.08. The summed E-state index contributed by atoms with van der Waals surface area (Å²) in [5, 5.41) is 0. The second-order valence-corrected chi connectivity index (χ2v) is 5.57. The van der Waals surface area contributed by atoms with Crippen LogP contribution in [0.15, 0.2) is 37.4 Å². The lowest BCUT2D eigenvalue weighted by Crippen LogP contribution is -2.11. The molecular formula is C22H26O6. The smallest absolute Gasteiger partial charge is 0.204 e. The van der Waals surface area contributed by atoms with Crippen LogP contribution < -0.4 is 28.4 Å². The van der Waals surface area contributed by atoms with Crippen LogP contribution in [-0.4, -0.2) is 41.7 Å². The first-order chi connectivity index (χ1) is 13.6. The van der Waals surface area contributed by atoms with E-state index in [2.05, 4.69) is 13.2 Å². The summed E-state index contributed by atoms with van der Waals surface area (Å²) in [6.07, 6.45) is 3.37. The fourth-order valence-corrected chi connectivity index (χ4v) is 2.71. The molecule has 28 heavy (non-hydrogen) atoms. The average Bonchev–Trinajstić information content (AvgIpc) is 2.74. The lowest BCUT2D eigenvalue weighted by Gasteiger charge is -2.17. The lowest BCUT2D eigenvalue weighted by atomic mass is 10.1. The molecule has 0 bridgehead atoms. The molecule has 2 rings (SSSR count). The Hall–Kier alpha value is -3.28. The quantitative estimate of drug-likeness (QED) is 0.531. The van der Waals surface area contributed by atoms with Crippen LogP contribution in [0.25, 0.3) is 12.2 Å². The predicted molar refractivity (Wildman–Crippen MR) is 110 cm³/mol. The minimum Gasteiger partial charge on any atom is -0.496 e. The Morgan fingerprint density at radius 3 is 1.96 bits per heavy atom. The molecule has 0 spiro atoms. The minimum absolute atomic E-state index is 0.267. The van der Waals surface area contributed by atoms with Crippen LogP contribution in [-0.2, 0) is 0 Å². The van der Waals surface area contributed by atoms with Crippen molar-refractivity contribution < 1.29 is 28.4 Å². The maximum atomic E-state index is 5.89. The number of benzene rings is 2. The topological polar surface area (TPSA) is 55.4 Å². The zero-order valence-electron chi connectivity index (χ0n) is 16.7. The van der Waals surface area contributed by atoms with Crippen LogP contribution in [0, 0.1) is 0 Å². The highest BCUT2D eigenvalue weighted by molar-refractivity contribution is 5.66. The van der Waals surface area contributed by atoms with E-state index in [4.69, 9.17) is 28.4 Å². The van der Waals surface area contributed by atoms with Gasteiger partial charge in [0.1, 0.15) is 30.5 Å². The minimum atomic E-state index is 0.267. The largest absolute Gasteiger partial charge is 0.496 e. The summed E-state index contributed by atoms with van der Waals surface area (Å²) < 4.78 is 33.3. The molecule has 0 aliphatic rings. The molecule has 150 valence electrons. The van der Waals surface area contributed by atoms with Crippen molar-refractivity contribution in [3.8, 4) is 34.5 Å². The zero-order chi connectivity index (χ0) is 20.5. The fraction of sp³-hybridized carbons (Fsp3) is 0.273. The van der Waals surface area contributed by atoms with Crippen molar-refractivity contribution in [2.24, 2.45) is 0 Å². The molecule has 0 N–H and O–H groups in total. The van der Waals surface area contributed by atoms with Crippen molar-refractivity contribution in [2.45, 2.75) is 0 Å². The van der Waals surface area contributed by atoms with Gasteiger partial charge in [-0.3, -0.25) is 0 Å². The van der Waals surface area contributed by atoms with Gasteiger partial charge in [-0.1, -0.05) is 25.3 Å². The van der Waals surface area contributed by atoms with Crippen LogP contribution in [0.4, 0.5) is 0 Å². The Morgan fingerprint density at radius 2 is 1.39 bits per heavy atom. The van der Waals surface area contributed by atoms with Gasteiger partial charge in [0, 0.05) is 17.7 Å². The van der Waals surface area contributed by atoms with E-state index in [1.165, 1.54) is 0 Å². The first-order valence-corrected chi connectivity index (χ1v) is 8.64. The molecule has 0 heterocycles. The molecule has 2 aromatic rings. The van der Waals surface area contributed by atoms with E-state index in [-0.39, 0.29) is 13.2 Å². The molecular weight excluding hydrogens is 360 g/mol. The highest BCUT2D eigenvalue weighted by atomic mass is 16.6. The molecule has 0 aliphatic heterocycles. The van der Waals surface area contributed by atoms with Crippen LogP contribution >= 0.6 is 0 Å². The summed E-state index contributed by atoms with van der Waals surface area (Å²) in [7, 11) is 6.31. The van der Waals surface area contributed by atoms with E-state index in [0.29, 0.717) is 34.5 Å². The van der Waals surface area contributed by atoms with Gasteiger partial charge in [-0.15, -0.1) is 0 Å². The van der Waals surface area contributed by atoms with Gasteiger partial charge in [-0.25, -0.2) is 0 Å². The van der Waals surface area contributed by atoms with E-state index in [0.717, 1.165) is 11.1 Å². The first kappa shape index (κ1) is 21.0. The van der Waals surface area contributed by atoms with E-state index < -0.39 is 0 Å². The van der Waals surface area contributed by atoms with Crippen molar-refractivity contribution in [3.63, 3.8) is 0 Å². The molecule has 0 amide bonds. The molecule has 6 heteroatoms. The van der Waals surface area contributed by atoms with Crippen LogP contribution in [0.5, 0.6) is 34.5 Å². The second kappa shape index (κ2) is 10.2. The van der Waals surface area contributed by atoms with Crippen LogP contribution in [0.1, 0.15) is 11.1 Å². The summed E-state index contributed by atoms with van der Waals surface area (Å²) in [6, 6.07) is 7.21. The van der Waals surface area contributed by atoms with Crippen molar-refractivity contribution in [1.29, 1.82) is 0 Å². The van der Waals surface area contributed by atoms with E-state index in [1.807, 2.05) is 6.07 Å². The third-order valence-electron chi connectivity index (χ3n) is 4.08. The first-order valence-electron chi connectivity index (χ1n) is 8.64. The van der Waals surface area contributed by atoms with Gasteiger partial charge in [0.25, 0.3) is 0 Å². The molecule has 0 unspecified atom stereocenters. The molecule has 0 atom stereocenters. The molecule has 0 aromatic heterocycles. The van der Waals surface area contributed by atoms with Gasteiger partial charge in [0.2, 0.25) is 5.75 Å². The molecule has 0 fully saturated rings. The van der Waals surface area contributed by atoms with Gasteiger partial charge < -0.3 is 28.4 Å². The van der Waals surface area contributed by atoms with Gasteiger partial charge in [-0.2, -0.15) is 0 Å². The summed E-state index contributed by atoms with van der Waals surface area (Å²) in [4.78, 5) is 0. The average molecular weight is 386 g/mol. The number of ether oxygens (including phenoxy) is 6. The highest BCUT2D eigenvalue weighted by Crippen LogP contribution is 2.40. The van der Waals surface area contributed by atoms with Crippen LogP contribution in [0.2, 0.25) is 0 Å². The zero-order valence-corrected chi connectivity index (χ0v) is 16.7. The molecule has 0 aliphatic carbocycles. The monoisotopic (exact) mass is 386 g/mol. The van der Waals surface area contributed by atoms with Crippen molar-refractivity contribution >= 4 is 12.2 Å². The maximum Gasteiger partial charge on any atom is 0.204 e. The highest BCUT2D eigenvalue weighted by Gasteiger charge is 2.16. The standard InChI is InChI=1S/C22H26O6/c1-7-15-9-10-18(24-4)22(21(15)26-6)28-12-11-27-20-14-16(23-3)13-19(25-5)17(20)8-2/h7-10,13-14H,1-2,11-12H2,3-6H3. The van der Waals surface area contributed by atoms with Crippen molar-refractivity contribution in [2.75, 3.05) is 41.7 Å². The predicted octanol–water partition coefficient (Wildman–Crippen LogP) is 4.46. The third kappa shape index (κ3) is 4.52. The van der Waals surface area contributed by atoms with Crippen molar-refractivity contribution in [3.05, 3.63) is 48.6 Å². The maximum absolute atomic E-state index is 5.89. The molecule has 2 aromatic carbocycles. The fourth-order valence-electron chi connectivity index (χ4n) is 2.71. The number of hydrogen-bond acceptors (Lipinski definition) is 6. The van der Waals surface area contributed by atoms with E-state index in [9.17, 15) is 0 Å². The molecule has 6 nitrogen and oxygen atoms in total. The summed E-state index contributed by atoms with van der Waals surface area (Å²) in [5.41, 5.74) is 1.55. The Morgan fingerprint density at radius 1 is 0.714 bits per heavy atom. The van der Waals surface area contributed by atoms with Crippen LogP contribution in [0.3, 0.4) is 0 Å². The Labute approximate surface area is 165 Å². The van der Waals surface area contributed by atoms with Gasteiger partial charge in [-0.05, 0) is 12.1 Å². The van der Waals surface area contributed by atoms with Gasteiger partial charge >= 0.3 is 0 Å². The molecule has 0 radical (unpaired) electrons. The Bertz CT molecular complexity index is 828. The van der Waals surface area contributed by atoms with Crippen molar-refractivity contribution in [1.82, 2.24) is 0 Å². The van der Waals surface area contributed by atoms with E-state index in [1.54, 1.807) is 58.8 Å². The van der Waals surface area contributed by atoms with Gasteiger partial charge in [0.15, 0.2) is 11.5 Å². The summed E-state index contributed by atoms with van der Waals surface area (Å²) in [5.74, 6) is 3.46. The second-order valence-electron chi connectivity index (χ2n) is 5.57. The SMILES string of the molecule is C=Cc1ccc(OC)c(OCCOc2cc(OC)cc(OC)c2C=C)c1OC. The normalized spacial score (nSPS) is 10.0. The summed E-state index contributed by atoms with van der Waals surface area (Å²) >= 11 is 0. The lowest BCUT2D eigenvalue weighted by molar-refractivity contribution is 0.204. The number of rotatable bonds is 11. The van der Waals surface area contributed by atoms with E-state index >= 15 is 0 Å². The Kier molecular flexibility index (Phi) is 7.63. The van der Waals surface area contributed by atoms with Gasteiger partial charge in [0.05, 0.1) is 34.0 Å². The number of methoxy groups -OCH3 is 4. The molecule has 0 saturated heterocycles. The number of hydrogen-bond donors (Lipinski definition) is 0. The molecule has 0 saturated carbocycles.